The summed E-state index contributed by atoms with van der Waals surface area (Å²) < 4.78 is 0. The predicted octanol–water partition coefficient (Wildman–Crippen LogP) is 5.87. The Morgan fingerprint density at radius 2 is 1.53 bits per heavy atom. The fourth-order valence-electron chi connectivity index (χ4n) is 7.02. The second kappa shape index (κ2) is 9.86. The number of carbonyl (C=O) groups is 3. The number of benzene rings is 4. The summed E-state index contributed by atoms with van der Waals surface area (Å²) in [4.78, 5) is 54.0. The number of anilines is 1. The van der Waals surface area contributed by atoms with Gasteiger partial charge in [0.05, 0.1) is 32.8 Å². The quantitative estimate of drug-likeness (QED) is 0.131. The van der Waals surface area contributed by atoms with Gasteiger partial charge in [-0.15, -0.1) is 0 Å². The molecule has 1 fully saturated rings. The monoisotopic (exact) mass is 610 g/mol. The first-order valence-corrected chi connectivity index (χ1v) is 14.1. The molecule has 3 amide bonds. The topological polar surface area (TPSA) is 122 Å². The van der Waals surface area contributed by atoms with Crippen molar-refractivity contribution in [1.29, 1.82) is 0 Å². The van der Waals surface area contributed by atoms with E-state index in [9.17, 15) is 24.5 Å². The number of imide groups is 1. The van der Waals surface area contributed by atoms with Gasteiger partial charge >= 0.3 is 0 Å². The van der Waals surface area contributed by atoms with Crippen LogP contribution in [0.25, 0.3) is 0 Å². The van der Waals surface area contributed by atoms with E-state index >= 15 is 0 Å². The molecule has 0 radical (unpaired) electrons. The first kappa shape index (κ1) is 27.0. The van der Waals surface area contributed by atoms with Crippen LogP contribution < -0.4 is 10.3 Å². The summed E-state index contributed by atoms with van der Waals surface area (Å²) in [6, 6.07) is 25.2. The number of para-hydroxylation sites is 2. The maximum absolute atomic E-state index is 14.4. The summed E-state index contributed by atoms with van der Waals surface area (Å²) in [6.07, 6.45) is 1.51. The summed E-state index contributed by atoms with van der Waals surface area (Å²) in [6.45, 7) is 0. The number of halogens is 2. The summed E-state index contributed by atoms with van der Waals surface area (Å²) >= 11 is 12.2. The zero-order valence-corrected chi connectivity index (χ0v) is 23.6. The fraction of sp³-hybridized carbons (Fsp3) is 0.125. The molecule has 3 aliphatic carbocycles. The predicted molar refractivity (Wildman–Crippen MR) is 160 cm³/mol. The molecule has 2 atom stereocenters. The maximum Gasteiger partial charge on any atom is 0.293 e. The van der Waals surface area contributed by atoms with E-state index in [1.54, 1.807) is 6.07 Å². The Balaban J connectivity index is 1.41. The van der Waals surface area contributed by atoms with E-state index in [4.69, 9.17) is 23.2 Å². The molecule has 11 heteroatoms. The van der Waals surface area contributed by atoms with Gasteiger partial charge in [0.2, 0.25) is 11.8 Å². The van der Waals surface area contributed by atoms with Crippen molar-refractivity contribution in [3.05, 3.63) is 139 Å². The van der Waals surface area contributed by atoms with Crippen molar-refractivity contribution in [2.75, 3.05) is 4.90 Å². The Morgan fingerprint density at radius 1 is 0.907 bits per heavy atom. The molecule has 1 heterocycles. The molecule has 4 aliphatic rings. The van der Waals surface area contributed by atoms with Crippen molar-refractivity contribution in [3.8, 4) is 0 Å². The number of hydrogen-bond acceptors (Lipinski definition) is 6. The van der Waals surface area contributed by atoms with E-state index in [-0.39, 0.29) is 22.0 Å². The van der Waals surface area contributed by atoms with E-state index in [0.29, 0.717) is 5.02 Å². The lowest BCUT2D eigenvalue weighted by Crippen LogP contribution is -2.54. The number of hydrazone groups is 1. The Kier molecular flexibility index (Phi) is 6.19. The molecule has 9 nitrogen and oxygen atoms in total. The molecule has 0 aromatic heterocycles. The highest BCUT2D eigenvalue weighted by atomic mass is 35.5. The summed E-state index contributed by atoms with van der Waals surface area (Å²) in [5, 5.41) is 16.8. The molecule has 1 saturated heterocycles. The number of nitro groups is 1. The van der Waals surface area contributed by atoms with E-state index < -0.39 is 45.8 Å². The van der Waals surface area contributed by atoms with Gasteiger partial charge in [0.25, 0.3) is 11.6 Å². The molecular weight excluding hydrogens is 591 g/mol. The third kappa shape index (κ3) is 3.78. The average molecular weight is 611 g/mol. The van der Waals surface area contributed by atoms with Gasteiger partial charge in [0.1, 0.15) is 5.69 Å². The number of amides is 3. The largest absolute Gasteiger partial charge is 0.293 e. The first-order chi connectivity index (χ1) is 20.8. The highest BCUT2D eigenvalue weighted by Gasteiger charge is 2.68. The van der Waals surface area contributed by atoms with Crippen LogP contribution >= 0.6 is 23.2 Å². The van der Waals surface area contributed by atoms with Crippen LogP contribution in [0.2, 0.25) is 10.0 Å². The first-order valence-electron chi connectivity index (χ1n) is 13.4. The minimum Gasteiger partial charge on any atom is -0.274 e. The number of nitrogens with zero attached hydrogens (tertiary/aromatic N) is 3. The van der Waals surface area contributed by atoms with Crippen LogP contribution in [0, 0.1) is 22.0 Å². The minimum absolute atomic E-state index is 0.0813. The second-order valence-corrected chi connectivity index (χ2v) is 11.4. The van der Waals surface area contributed by atoms with Crippen molar-refractivity contribution >= 4 is 58.5 Å². The second-order valence-electron chi connectivity index (χ2n) is 10.6. The van der Waals surface area contributed by atoms with E-state index in [1.165, 1.54) is 42.6 Å². The molecule has 4 aromatic carbocycles. The van der Waals surface area contributed by atoms with Gasteiger partial charge in [-0.1, -0.05) is 83.9 Å². The smallest absolute Gasteiger partial charge is 0.274 e. The highest BCUT2D eigenvalue weighted by molar-refractivity contribution is 6.36. The molecule has 212 valence electrons. The number of nitrogens with one attached hydrogen (secondary N) is 1. The van der Waals surface area contributed by atoms with Crippen LogP contribution in [0.5, 0.6) is 0 Å². The third-order valence-corrected chi connectivity index (χ3v) is 9.16. The minimum atomic E-state index is -1.27. The van der Waals surface area contributed by atoms with E-state index in [1.807, 2.05) is 48.5 Å². The van der Waals surface area contributed by atoms with Crippen LogP contribution in [0.15, 0.2) is 96.1 Å². The van der Waals surface area contributed by atoms with Crippen molar-refractivity contribution in [2.45, 2.75) is 11.3 Å². The molecule has 0 unspecified atom stereocenters. The standard InChI is InChI=1S/C32H20Cl2N4O5/c33-17-13-14-20(23(34)15-17)29(39)36-35-16-32-21-9-3-1-7-18(21)26(19-8-2-4-10-22(19)32)27-28(32)31(41)37(30(27)40)24-11-5-6-12-25(24)38(42)43/h1-16,26-28H,(H,36,39)/b35-16-/t26?,27-,28-,32?/m0/s1. The normalized spacial score (nSPS) is 23.2. The summed E-state index contributed by atoms with van der Waals surface area (Å²) in [5.74, 6) is -3.98. The van der Waals surface area contributed by atoms with Gasteiger partial charge in [-0.3, -0.25) is 24.5 Å². The van der Waals surface area contributed by atoms with Crippen molar-refractivity contribution in [3.63, 3.8) is 0 Å². The molecule has 2 bridgehead atoms. The molecule has 1 N–H and O–H groups in total. The molecule has 0 spiro atoms. The molecule has 1 aliphatic heterocycles. The summed E-state index contributed by atoms with van der Waals surface area (Å²) in [7, 11) is 0. The number of nitro benzene ring substituents is 1. The fourth-order valence-corrected chi connectivity index (χ4v) is 7.52. The van der Waals surface area contributed by atoms with Crippen LogP contribution in [0.3, 0.4) is 0 Å². The Bertz CT molecular complexity index is 1880. The molecule has 43 heavy (non-hydrogen) atoms. The Morgan fingerprint density at radius 3 is 2.19 bits per heavy atom. The van der Waals surface area contributed by atoms with Crippen molar-refractivity contribution in [1.82, 2.24) is 5.43 Å². The third-order valence-electron chi connectivity index (χ3n) is 8.61. The average Bonchev–Trinajstić information content (AvgIpc) is 3.27. The molecule has 0 saturated carbocycles. The van der Waals surface area contributed by atoms with Crippen LogP contribution in [0.4, 0.5) is 11.4 Å². The molecule has 4 aromatic rings. The van der Waals surface area contributed by atoms with Gasteiger partial charge in [0, 0.05) is 23.2 Å². The maximum atomic E-state index is 14.4. The van der Waals surface area contributed by atoms with Crippen LogP contribution in [-0.2, 0) is 15.0 Å². The summed E-state index contributed by atoms with van der Waals surface area (Å²) in [5.41, 5.74) is 4.23. The number of carbonyl (C=O) groups excluding carboxylic acids is 3. The van der Waals surface area contributed by atoms with Crippen LogP contribution in [-0.4, -0.2) is 28.9 Å². The lowest BCUT2D eigenvalue weighted by Gasteiger charge is -2.52. The van der Waals surface area contributed by atoms with E-state index in [0.717, 1.165) is 27.2 Å². The van der Waals surface area contributed by atoms with Crippen molar-refractivity contribution in [2.24, 2.45) is 16.9 Å². The van der Waals surface area contributed by atoms with Gasteiger partial charge in [-0.05, 0) is 46.5 Å². The lowest BCUT2D eigenvalue weighted by molar-refractivity contribution is -0.384. The highest BCUT2D eigenvalue weighted by Crippen LogP contribution is 2.63. The number of hydrogen-bond donors (Lipinski definition) is 1. The zero-order valence-electron chi connectivity index (χ0n) is 22.1. The van der Waals surface area contributed by atoms with Gasteiger partial charge in [0.15, 0.2) is 0 Å². The molecular formula is C32H20Cl2N4O5. The SMILES string of the molecule is O=C(N/N=C\C12c3ccccc3C(c3ccccc31)[C@@H]1C(=O)N(c3ccccc3[N+](=O)[O-])C(=O)[C@H]12)c1ccc(Cl)cc1Cl. The lowest BCUT2D eigenvalue weighted by atomic mass is 9.47. The number of rotatable bonds is 5. The van der Waals surface area contributed by atoms with Crippen LogP contribution in [0.1, 0.15) is 38.5 Å². The van der Waals surface area contributed by atoms with E-state index in [2.05, 4.69) is 10.5 Å². The zero-order chi connectivity index (χ0) is 30.0. The van der Waals surface area contributed by atoms with Gasteiger partial charge < -0.3 is 0 Å². The Labute approximate surface area is 254 Å². The Hall–Kier alpha value is -4.86. The molecule has 8 rings (SSSR count). The van der Waals surface area contributed by atoms with Crippen molar-refractivity contribution < 1.29 is 19.3 Å². The van der Waals surface area contributed by atoms with Gasteiger partial charge in [-0.2, -0.15) is 5.10 Å². The van der Waals surface area contributed by atoms with Gasteiger partial charge in [-0.25, -0.2) is 10.3 Å².